The van der Waals surface area contributed by atoms with Gasteiger partial charge in [-0.2, -0.15) is 0 Å². The molecule has 1 aromatic heterocycles. The number of aromatic nitrogens is 1. The Hall–Kier alpha value is -1.68. The number of anilines is 1. The second-order valence-corrected chi connectivity index (χ2v) is 11.6. The van der Waals surface area contributed by atoms with E-state index in [1.54, 1.807) is 23.5 Å². The summed E-state index contributed by atoms with van der Waals surface area (Å²) < 4.78 is 34.4. The third-order valence-corrected chi connectivity index (χ3v) is 9.28. The Bertz CT molecular complexity index is 1030. The van der Waals surface area contributed by atoms with Gasteiger partial charge in [0.15, 0.2) is 5.13 Å². The Labute approximate surface area is 195 Å². The number of methoxy groups -OCH3 is 1. The van der Waals surface area contributed by atoms with Crippen molar-refractivity contribution in [2.24, 2.45) is 5.92 Å². The van der Waals surface area contributed by atoms with Gasteiger partial charge in [0, 0.05) is 18.6 Å². The van der Waals surface area contributed by atoms with Crippen molar-refractivity contribution in [2.45, 2.75) is 69.4 Å². The Morgan fingerprint density at radius 1 is 1.22 bits per heavy atom. The molecule has 7 nitrogen and oxygen atoms in total. The summed E-state index contributed by atoms with van der Waals surface area (Å²) in [5, 5.41) is 7.69. The first-order chi connectivity index (χ1) is 15.4. The van der Waals surface area contributed by atoms with E-state index >= 15 is 0 Å². The number of hydrogen-bond acceptors (Lipinski definition) is 7. The van der Waals surface area contributed by atoms with Gasteiger partial charge < -0.3 is 15.4 Å². The van der Waals surface area contributed by atoms with E-state index in [2.05, 4.69) is 22.3 Å². The Balaban J connectivity index is 1.57. The average molecular weight is 479 g/mol. The maximum absolute atomic E-state index is 13.1. The van der Waals surface area contributed by atoms with Crippen molar-refractivity contribution < 1.29 is 13.2 Å². The summed E-state index contributed by atoms with van der Waals surface area (Å²) in [5.74, 6) is 1.03. The number of nitrogens with one attached hydrogen (secondary N) is 3. The molecule has 9 heteroatoms. The van der Waals surface area contributed by atoms with E-state index in [0.717, 1.165) is 34.2 Å². The highest BCUT2D eigenvalue weighted by Crippen LogP contribution is 2.37. The van der Waals surface area contributed by atoms with Crippen LogP contribution >= 0.6 is 11.3 Å². The van der Waals surface area contributed by atoms with Crippen LogP contribution in [0, 0.1) is 12.8 Å². The molecule has 1 saturated carbocycles. The van der Waals surface area contributed by atoms with Crippen molar-refractivity contribution in [1.82, 2.24) is 15.0 Å². The zero-order chi connectivity index (χ0) is 22.7. The second-order valence-electron chi connectivity index (χ2n) is 8.94. The van der Waals surface area contributed by atoms with E-state index in [9.17, 15) is 8.42 Å². The van der Waals surface area contributed by atoms with E-state index in [-0.39, 0.29) is 10.9 Å². The Kier molecular flexibility index (Phi) is 7.39. The predicted molar refractivity (Wildman–Crippen MR) is 130 cm³/mol. The van der Waals surface area contributed by atoms with Gasteiger partial charge in [0.05, 0.1) is 17.7 Å². The van der Waals surface area contributed by atoms with Crippen LogP contribution in [-0.2, 0) is 10.0 Å². The second kappa shape index (κ2) is 10.1. The minimum atomic E-state index is -3.70. The van der Waals surface area contributed by atoms with Crippen LogP contribution in [-0.4, -0.2) is 45.7 Å². The van der Waals surface area contributed by atoms with Gasteiger partial charge in [0.25, 0.3) is 0 Å². The lowest BCUT2D eigenvalue weighted by Crippen LogP contribution is -2.36. The van der Waals surface area contributed by atoms with Gasteiger partial charge in [0.2, 0.25) is 10.0 Å². The zero-order valence-corrected chi connectivity index (χ0v) is 20.7. The fourth-order valence-corrected chi connectivity index (χ4v) is 7.26. The van der Waals surface area contributed by atoms with Crippen molar-refractivity contribution in [1.29, 1.82) is 0 Å². The maximum atomic E-state index is 13.1. The summed E-state index contributed by atoms with van der Waals surface area (Å²) in [7, 11) is -2.21. The molecule has 1 aromatic carbocycles. The molecule has 0 bridgehead atoms. The van der Waals surface area contributed by atoms with Crippen molar-refractivity contribution in [3.63, 3.8) is 0 Å². The first-order valence-corrected chi connectivity index (χ1v) is 13.8. The number of thiazole rings is 1. The van der Waals surface area contributed by atoms with Crippen LogP contribution in [0.2, 0.25) is 0 Å². The smallest absolute Gasteiger partial charge is 0.244 e. The van der Waals surface area contributed by atoms with Crippen molar-refractivity contribution in [3.05, 3.63) is 23.9 Å². The van der Waals surface area contributed by atoms with Crippen LogP contribution in [0.1, 0.15) is 51.1 Å². The van der Waals surface area contributed by atoms with Gasteiger partial charge in [-0.15, -0.1) is 0 Å². The number of rotatable bonds is 8. The number of sulfonamides is 1. The van der Waals surface area contributed by atoms with E-state index in [1.807, 2.05) is 13.0 Å². The molecule has 176 valence electrons. The lowest BCUT2D eigenvalue weighted by atomic mass is 9.85. The number of benzene rings is 1. The molecule has 2 fully saturated rings. The van der Waals surface area contributed by atoms with E-state index in [1.165, 1.54) is 39.2 Å². The summed E-state index contributed by atoms with van der Waals surface area (Å²) in [4.78, 5) is 5.89. The summed E-state index contributed by atoms with van der Waals surface area (Å²) >= 11 is 1.58. The largest absolute Gasteiger partial charge is 0.495 e. The molecule has 0 spiro atoms. The average Bonchev–Trinajstić information content (AvgIpc) is 3.42. The molecular formula is C23H34N4O3S2. The first-order valence-electron chi connectivity index (χ1n) is 11.5. The van der Waals surface area contributed by atoms with Gasteiger partial charge in [-0.05, 0) is 69.3 Å². The molecule has 2 heterocycles. The highest BCUT2D eigenvalue weighted by molar-refractivity contribution is 7.89. The van der Waals surface area contributed by atoms with Gasteiger partial charge in [-0.1, -0.05) is 30.6 Å². The van der Waals surface area contributed by atoms with Gasteiger partial charge in [-0.3, -0.25) is 0 Å². The molecule has 4 rings (SSSR count). The summed E-state index contributed by atoms with van der Waals surface area (Å²) in [6, 6.07) is 5.62. The van der Waals surface area contributed by atoms with Gasteiger partial charge in [0.1, 0.15) is 10.6 Å². The lowest BCUT2D eigenvalue weighted by molar-refractivity contribution is 0.328. The maximum Gasteiger partial charge on any atom is 0.244 e. The third kappa shape index (κ3) is 5.27. The molecule has 1 aliphatic carbocycles. The molecule has 1 saturated heterocycles. The Morgan fingerprint density at radius 2 is 2.00 bits per heavy atom. The van der Waals surface area contributed by atoms with Crippen LogP contribution in [0.25, 0.3) is 10.4 Å². The monoisotopic (exact) mass is 478 g/mol. The lowest BCUT2D eigenvalue weighted by Gasteiger charge is -2.28. The molecule has 0 radical (unpaired) electrons. The molecule has 1 aliphatic heterocycles. The Morgan fingerprint density at radius 3 is 2.69 bits per heavy atom. The van der Waals surface area contributed by atoms with Crippen LogP contribution in [0.3, 0.4) is 0 Å². The molecule has 0 amide bonds. The summed E-state index contributed by atoms with van der Waals surface area (Å²) in [6.45, 7) is 5.68. The van der Waals surface area contributed by atoms with Crippen molar-refractivity contribution >= 4 is 26.5 Å². The molecule has 2 aliphatic rings. The zero-order valence-electron chi connectivity index (χ0n) is 19.1. The van der Waals surface area contributed by atoms with E-state index < -0.39 is 10.0 Å². The topological polar surface area (TPSA) is 92.3 Å². The third-order valence-electron chi connectivity index (χ3n) is 6.60. The minimum Gasteiger partial charge on any atom is -0.495 e. The van der Waals surface area contributed by atoms with Crippen molar-refractivity contribution in [3.8, 4) is 16.2 Å². The number of aryl methyl sites for hydroxylation is 1. The van der Waals surface area contributed by atoms with Crippen molar-refractivity contribution in [2.75, 3.05) is 25.5 Å². The molecule has 0 unspecified atom stereocenters. The molecular weight excluding hydrogens is 444 g/mol. The van der Waals surface area contributed by atoms with Crippen LogP contribution in [0.15, 0.2) is 23.1 Å². The normalized spacial score (nSPS) is 20.9. The molecule has 3 N–H and O–H groups in total. The van der Waals surface area contributed by atoms with E-state index in [0.29, 0.717) is 24.3 Å². The first kappa shape index (κ1) is 23.5. The number of hydrogen-bond donors (Lipinski definition) is 3. The van der Waals surface area contributed by atoms with Gasteiger partial charge >= 0.3 is 0 Å². The van der Waals surface area contributed by atoms with E-state index in [4.69, 9.17) is 9.72 Å². The van der Waals surface area contributed by atoms with Crippen LogP contribution in [0.4, 0.5) is 5.13 Å². The summed E-state index contributed by atoms with van der Waals surface area (Å²) in [5.41, 5.74) is 1.74. The quantitative estimate of drug-likeness (QED) is 0.528. The van der Waals surface area contributed by atoms with Crippen LogP contribution < -0.4 is 20.1 Å². The molecule has 2 aromatic rings. The highest BCUT2D eigenvalue weighted by Gasteiger charge is 2.27. The number of nitrogens with zero attached hydrogens (tertiary/aromatic N) is 1. The SMILES string of the molecule is COc1ccc(-c2sc(N[C@H](C)C3CCCCC3)nc2C)cc1S(=O)(=O)N[C@H]1CCNC1. The van der Waals surface area contributed by atoms with Crippen LogP contribution in [0.5, 0.6) is 5.75 Å². The summed E-state index contributed by atoms with van der Waals surface area (Å²) in [6.07, 6.45) is 7.30. The highest BCUT2D eigenvalue weighted by atomic mass is 32.2. The van der Waals surface area contributed by atoms with Gasteiger partial charge in [-0.25, -0.2) is 18.1 Å². The molecule has 2 atom stereocenters. The fourth-order valence-electron chi connectivity index (χ4n) is 4.74. The standard InChI is InChI=1S/C23H34N4O3S2/c1-15(17-7-5-4-6-8-17)25-23-26-16(2)22(31-23)18-9-10-20(30-3)21(13-18)32(28,29)27-19-11-12-24-14-19/h9-10,13,15,17,19,24,27H,4-8,11-12,14H2,1-3H3,(H,25,26)/t15-,19+/m1/s1. The number of ether oxygens (including phenoxy) is 1. The molecule has 32 heavy (non-hydrogen) atoms. The fraction of sp³-hybridized carbons (Fsp3) is 0.609. The minimum absolute atomic E-state index is 0.101. The predicted octanol–water partition coefficient (Wildman–Crippen LogP) is 4.15.